The van der Waals surface area contributed by atoms with Gasteiger partial charge >= 0.3 is 0 Å². The number of rotatable bonds is 5. The molecule has 19 heavy (non-hydrogen) atoms. The van der Waals surface area contributed by atoms with Gasteiger partial charge in [-0.05, 0) is 23.1 Å². The van der Waals surface area contributed by atoms with Crippen LogP contribution in [-0.2, 0) is 11.2 Å². The van der Waals surface area contributed by atoms with Crippen molar-refractivity contribution in [2.24, 2.45) is 11.6 Å². The zero-order valence-electron chi connectivity index (χ0n) is 12.0. The third kappa shape index (κ3) is 3.94. The van der Waals surface area contributed by atoms with Gasteiger partial charge in [0.1, 0.15) is 5.75 Å². The average Bonchev–Trinajstić information content (AvgIpc) is 2.37. The van der Waals surface area contributed by atoms with Crippen LogP contribution in [0.5, 0.6) is 5.75 Å². The molecule has 1 unspecified atom stereocenters. The van der Waals surface area contributed by atoms with Crippen molar-refractivity contribution in [3.05, 3.63) is 29.3 Å². The molecule has 0 bridgehead atoms. The molecule has 1 rings (SSSR count). The number of hydrazine groups is 1. The molecule has 0 saturated heterocycles. The van der Waals surface area contributed by atoms with Gasteiger partial charge in [-0.2, -0.15) is 0 Å². The minimum Gasteiger partial charge on any atom is -0.496 e. The van der Waals surface area contributed by atoms with Crippen LogP contribution in [0.3, 0.4) is 0 Å². The summed E-state index contributed by atoms with van der Waals surface area (Å²) in [5, 5.41) is 1.02. The van der Waals surface area contributed by atoms with Crippen molar-refractivity contribution in [2.75, 3.05) is 14.2 Å². The van der Waals surface area contributed by atoms with E-state index in [9.17, 15) is 4.79 Å². The highest BCUT2D eigenvalue weighted by Gasteiger charge is 2.19. The number of hydrogen-bond donors (Lipinski definition) is 2. The Bertz CT molecular complexity index is 444. The summed E-state index contributed by atoms with van der Waals surface area (Å²) in [4.78, 5) is 11.7. The fourth-order valence-electron chi connectivity index (χ4n) is 1.90. The summed E-state index contributed by atoms with van der Waals surface area (Å²) in [6, 6.07) is 5.31. The summed E-state index contributed by atoms with van der Waals surface area (Å²) in [5.41, 5.74) is 7.99. The Morgan fingerprint density at radius 2 is 2.05 bits per heavy atom. The van der Waals surface area contributed by atoms with Crippen molar-refractivity contribution in [2.45, 2.75) is 32.2 Å². The standard InChI is InChI=1S/C14H23N3O2/c1-9(2)10-5-6-13(19-4)11(7-10)8-12(15)14(18)17(3)16/h5-7,9,12H,8,15-16H2,1-4H3. The summed E-state index contributed by atoms with van der Waals surface area (Å²) in [5.74, 6) is 6.27. The molecule has 0 fully saturated rings. The molecule has 0 aliphatic heterocycles. The van der Waals surface area contributed by atoms with Crippen molar-refractivity contribution >= 4 is 5.91 Å². The fraction of sp³-hybridized carbons (Fsp3) is 0.500. The number of carbonyl (C=O) groups is 1. The Kier molecular flexibility index (Phi) is 5.32. The molecule has 4 N–H and O–H groups in total. The number of carbonyl (C=O) groups excluding carboxylic acids is 1. The Hall–Kier alpha value is -1.59. The maximum atomic E-state index is 11.7. The zero-order valence-corrected chi connectivity index (χ0v) is 12.0. The maximum absolute atomic E-state index is 11.7. The Morgan fingerprint density at radius 1 is 1.42 bits per heavy atom. The quantitative estimate of drug-likeness (QED) is 0.473. The molecular formula is C14H23N3O2. The van der Waals surface area contributed by atoms with Gasteiger partial charge in [0.15, 0.2) is 0 Å². The molecule has 1 atom stereocenters. The molecule has 0 radical (unpaired) electrons. The number of amides is 1. The molecule has 1 aromatic carbocycles. The van der Waals surface area contributed by atoms with Crippen LogP contribution in [0, 0.1) is 0 Å². The Labute approximate surface area is 114 Å². The SMILES string of the molecule is COc1ccc(C(C)C)cc1CC(N)C(=O)N(C)N. The van der Waals surface area contributed by atoms with Crippen LogP contribution in [0.1, 0.15) is 30.9 Å². The maximum Gasteiger partial charge on any atom is 0.253 e. The molecule has 5 heteroatoms. The lowest BCUT2D eigenvalue weighted by atomic mass is 9.97. The molecule has 106 valence electrons. The van der Waals surface area contributed by atoms with Crippen LogP contribution in [0.4, 0.5) is 0 Å². The lowest BCUT2D eigenvalue weighted by Gasteiger charge is -2.18. The van der Waals surface area contributed by atoms with Crippen LogP contribution < -0.4 is 16.3 Å². The first-order valence-electron chi connectivity index (χ1n) is 6.31. The highest BCUT2D eigenvalue weighted by molar-refractivity contribution is 5.81. The largest absolute Gasteiger partial charge is 0.496 e. The van der Waals surface area contributed by atoms with Gasteiger partial charge in [-0.15, -0.1) is 0 Å². The smallest absolute Gasteiger partial charge is 0.253 e. The van der Waals surface area contributed by atoms with Gasteiger partial charge in [-0.1, -0.05) is 26.0 Å². The summed E-state index contributed by atoms with van der Waals surface area (Å²) in [6.07, 6.45) is 0.407. The number of likely N-dealkylation sites (N-methyl/N-ethyl adjacent to an activating group) is 1. The third-order valence-corrected chi connectivity index (χ3v) is 3.08. The van der Waals surface area contributed by atoms with E-state index in [0.717, 1.165) is 16.3 Å². The van der Waals surface area contributed by atoms with E-state index in [2.05, 4.69) is 13.8 Å². The molecule has 1 amide bonds. The molecule has 0 heterocycles. The van der Waals surface area contributed by atoms with E-state index in [1.165, 1.54) is 12.6 Å². The summed E-state index contributed by atoms with van der Waals surface area (Å²) in [7, 11) is 3.10. The second-order valence-electron chi connectivity index (χ2n) is 4.99. The van der Waals surface area contributed by atoms with E-state index < -0.39 is 6.04 Å². The number of methoxy groups -OCH3 is 1. The fourth-order valence-corrected chi connectivity index (χ4v) is 1.90. The van der Waals surface area contributed by atoms with Crippen molar-refractivity contribution in [1.29, 1.82) is 0 Å². The van der Waals surface area contributed by atoms with Gasteiger partial charge in [0.2, 0.25) is 0 Å². The molecule has 1 aromatic rings. The first-order chi connectivity index (χ1) is 8.86. The highest BCUT2D eigenvalue weighted by atomic mass is 16.5. The number of benzene rings is 1. The first kappa shape index (κ1) is 15.5. The van der Waals surface area contributed by atoms with Gasteiger partial charge < -0.3 is 10.5 Å². The number of nitrogens with zero attached hydrogens (tertiary/aromatic N) is 1. The van der Waals surface area contributed by atoms with E-state index in [4.69, 9.17) is 16.3 Å². The van der Waals surface area contributed by atoms with Crippen molar-refractivity contribution < 1.29 is 9.53 Å². The van der Waals surface area contributed by atoms with Gasteiger partial charge in [-0.25, -0.2) is 5.84 Å². The minimum absolute atomic E-state index is 0.294. The predicted octanol–water partition coefficient (Wildman–Crippen LogP) is 1.02. The lowest BCUT2D eigenvalue weighted by molar-refractivity contribution is -0.131. The summed E-state index contributed by atoms with van der Waals surface area (Å²) >= 11 is 0. The average molecular weight is 265 g/mol. The monoisotopic (exact) mass is 265 g/mol. The Morgan fingerprint density at radius 3 is 2.53 bits per heavy atom. The predicted molar refractivity (Wildman–Crippen MR) is 75.7 cm³/mol. The van der Waals surface area contributed by atoms with Crippen molar-refractivity contribution in [3.63, 3.8) is 0 Å². The number of nitrogens with two attached hydrogens (primary N) is 2. The van der Waals surface area contributed by atoms with Crippen molar-refractivity contribution in [3.8, 4) is 5.75 Å². The van der Waals surface area contributed by atoms with Gasteiger partial charge in [0, 0.05) is 13.5 Å². The lowest BCUT2D eigenvalue weighted by Crippen LogP contribution is -2.46. The van der Waals surface area contributed by atoms with E-state index in [1.807, 2.05) is 18.2 Å². The minimum atomic E-state index is -0.661. The van der Waals surface area contributed by atoms with Crippen molar-refractivity contribution in [1.82, 2.24) is 5.01 Å². The second-order valence-corrected chi connectivity index (χ2v) is 4.99. The molecule has 0 aromatic heterocycles. The van der Waals surface area contributed by atoms with Gasteiger partial charge in [-0.3, -0.25) is 9.80 Å². The normalized spacial score (nSPS) is 12.4. The number of hydrogen-bond acceptors (Lipinski definition) is 4. The molecule has 0 aliphatic rings. The third-order valence-electron chi connectivity index (χ3n) is 3.08. The van der Waals surface area contributed by atoms with Crippen LogP contribution >= 0.6 is 0 Å². The van der Waals surface area contributed by atoms with E-state index in [0.29, 0.717) is 12.3 Å². The molecule has 0 saturated carbocycles. The molecule has 0 aliphatic carbocycles. The van der Waals surface area contributed by atoms with Crippen LogP contribution in [-0.4, -0.2) is 31.1 Å². The van der Waals surface area contributed by atoms with Gasteiger partial charge in [0.25, 0.3) is 5.91 Å². The number of ether oxygens (including phenoxy) is 1. The van der Waals surface area contributed by atoms with Gasteiger partial charge in [0.05, 0.1) is 13.2 Å². The summed E-state index contributed by atoms with van der Waals surface area (Å²) < 4.78 is 5.31. The van der Waals surface area contributed by atoms with E-state index in [1.54, 1.807) is 7.11 Å². The Balaban J connectivity index is 2.97. The first-order valence-corrected chi connectivity index (χ1v) is 6.31. The van der Waals surface area contributed by atoms with Crippen LogP contribution in [0.15, 0.2) is 18.2 Å². The molecular weight excluding hydrogens is 242 g/mol. The van der Waals surface area contributed by atoms with Crippen LogP contribution in [0.25, 0.3) is 0 Å². The second kappa shape index (κ2) is 6.54. The highest BCUT2D eigenvalue weighted by Crippen LogP contribution is 2.25. The van der Waals surface area contributed by atoms with E-state index >= 15 is 0 Å². The summed E-state index contributed by atoms with van der Waals surface area (Å²) in [6.45, 7) is 4.23. The molecule has 0 spiro atoms. The van der Waals surface area contributed by atoms with E-state index in [-0.39, 0.29) is 5.91 Å². The van der Waals surface area contributed by atoms with Crippen LogP contribution in [0.2, 0.25) is 0 Å². The molecule has 5 nitrogen and oxygen atoms in total. The zero-order chi connectivity index (χ0) is 14.6. The topological polar surface area (TPSA) is 81.6 Å².